The summed E-state index contributed by atoms with van der Waals surface area (Å²) >= 11 is 0. The van der Waals surface area contributed by atoms with Crippen molar-refractivity contribution in [2.24, 2.45) is 0 Å². The maximum absolute atomic E-state index is 12.2. The van der Waals surface area contributed by atoms with E-state index in [9.17, 15) is 19.0 Å². The van der Waals surface area contributed by atoms with E-state index in [0.717, 1.165) is 19.4 Å². The Kier molecular flexibility index (Phi) is 23.3. The van der Waals surface area contributed by atoms with Gasteiger partial charge in [0, 0.05) is 13.0 Å². The van der Waals surface area contributed by atoms with Crippen LogP contribution in [-0.2, 0) is 32.7 Å². The van der Waals surface area contributed by atoms with E-state index in [2.05, 4.69) is 6.92 Å². The molecule has 0 aromatic heterocycles. The molecule has 1 N–H and O–H groups in total. The molecular formula is C29H59NO8P+. The van der Waals surface area contributed by atoms with Crippen LogP contribution >= 0.6 is 7.82 Å². The summed E-state index contributed by atoms with van der Waals surface area (Å²) in [4.78, 5) is 33.1. The Morgan fingerprint density at radius 2 is 1.26 bits per heavy atom. The Labute approximate surface area is 238 Å². The van der Waals surface area contributed by atoms with Gasteiger partial charge >= 0.3 is 13.8 Å². The number of unbranched alkanes of at least 4 members (excludes halogenated alkanes) is 13. The molecule has 2 unspecified atom stereocenters. The summed E-state index contributed by atoms with van der Waals surface area (Å²) in [5.74, 6) is -1.04. The van der Waals surface area contributed by atoms with Crippen molar-refractivity contribution in [1.29, 1.82) is 0 Å². The molecule has 39 heavy (non-hydrogen) atoms. The minimum atomic E-state index is -4.30. The average Bonchev–Trinajstić information content (AvgIpc) is 2.83. The number of ether oxygens (including phenoxy) is 2. The Morgan fingerprint density at radius 1 is 0.744 bits per heavy atom. The molecule has 0 spiro atoms. The number of esters is 1. The fourth-order valence-corrected chi connectivity index (χ4v) is 4.88. The Morgan fingerprint density at radius 3 is 1.74 bits per heavy atom. The van der Waals surface area contributed by atoms with Crippen molar-refractivity contribution in [2.45, 2.75) is 123 Å². The second-order valence-corrected chi connectivity index (χ2v) is 13.1. The summed E-state index contributed by atoms with van der Waals surface area (Å²) < 4.78 is 33.9. The lowest BCUT2D eigenvalue weighted by molar-refractivity contribution is -0.870. The zero-order valence-electron chi connectivity index (χ0n) is 25.6. The van der Waals surface area contributed by atoms with E-state index in [0.29, 0.717) is 17.5 Å². The molecule has 9 nitrogen and oxygen atoms in total. The smallest absolute Gasteiger partial charge is 0.457 e. The van der Waals surface area contributed by atoms with Gasteiger partial charge in [-0.15, -0.1) is 0 Å². The van der Waals surface area contributed by atoms with Gasteiger partial charge < -0.3 is 18.9 Å². The van der Waals surface area contributed by atoms with Crippen LogP contribution in [0.2, 0.25) is 0 Å². The first-order valence-corrected chi connectivity index (χ1v) is 16.6. The van der Waals surface area contributed by atoms with Gasteiger partial charge in [0.05, 0.1) is 47.5 Å². The fourth-order valence-electron chi connectivity index (χ4n) is 4.09. The molecule has 0 bridgehead atoms. The molecule has 0 saturated carbocycles. The molecule has 2 atom stereocenters. The third-order valence-electron chi connectivity index (χ3n) is 6.29. The molecule has 0 fully saturated rings. The number of carbonyl (C=O) groups is 2. The number of phosphoric ester groups is 1. The van der Waals surface area contributed by atoms with Gasteiger partial charge in [-0.2, -0.15) is 0 Å². The van der Waals surface area contributed by atoms with Gasteiger partial charge in [-0.25, -0.2) is 4.57 Å². The highest BCUT2D eigenvalue weighted by molar-refractivity contribution is 7.47. The lowest BCUT2D eigenvalue weighted by atomic mass is 10.0. The highest BCUT2D eigenvalue weighted by Crippen LogP contribution is 2.43. The second-order valence-electron chi connectivity index (χ2n) is 11.6. The average molecular weight is 581 g/mol. The predicted octanol–water partition coefficient (Wildman–Crippen LogP) is 6.61. The topological polar surface area (TPSA) is 108 Å². The van der Waals surface area contributed by atoms with Crippen molar-refractivity contribution in [3.8, 4) is 0 Å². The maximum atomic E-state index is 12.2. The van der Waals surface area contributed by atoms with Gasteiger partial charge in [-0.1, -0.05) is 90.4 Å². The third kappa shape index (κ3) is 28.5. The van der Waals surface area contributed by atoms with Crippen molar-refractivity contribution in [3.05, 3.63) is 0 Å². The predicted molar refractivity (Wildman–Crippen MR) is 156 cm³/mol. The first-order valence-electron chi connectivity index (χ1n) is 15.1. The number of Topliss-reactive ketones (excluding diaryl/α,β-unsaturated/α-hetero) is 1. The van der Waals surface area contributed by atoms with Crippen molar-refractivity contribution in [2.75, 3.05) is 54.1 Å². The zero-order chi connectivity index (χ0) is 29.4. The van der Waals surface area contributed by atoms with Gasteiger partial charge in [0.2, 0.25) is 0 Å². The minimum Gasteiger partial charge on any atom is -0.457 e. The molecule has 0 aromatic carbocycles. The first kappa shape index (κ1) is 38.2. The monoisotopic (exact) mass is 580 g/mol. The second kappa shape index (κ2) is 23.8. The molecule has 0 amide bonds. The third-order valence-corrected chi connectivity index (χ3v) is 7.27. The van der Waals surface area contributed by atoms with Crippen molar-refractivity contribution < 1.29 is 42.1 Å². The lowest BCUT2D eigenvalue weighted by Gasteiger charge is -2.24. The number of carbonyl (C=O) groups excluding carboxylic acids is 2. The molecule has 232 valence electrons. The van der Waals surface area contributed by atoms with Crippen LogP contribution in [0.25, 0.3) is 0 Å². The van der Waals surface area contributed by atoms with Crippen molar-refractivity contribution in [3.63, 3.8) is 0 Å². The quantitative estimate of drug-likeness (QED) is 0.0362. The largest absolute Gasteiger partial charge is 0.472 e. The lowest BCUT2D eigenvalue weighted by Crippen LogP contribution is -2.35. The minimum absolute atomic E-state index is 0.0175. The molecule has 0 aliphatic rings. The molecule has 0 rings (SSSR count). The van der Waals surface area contributed by atoms with Crippen molar-refractivity contribution >= 4 is 19.6 Å². The summed E-state index contributed by atoms with van der Waals surface area (Å²) in [5.41, 5.74) is 0. The Hall–Kier alpha value is -0.830. The number of ketones is 1. The molecule has 0 aliphatic heterocycles. The van der Waals surface area contributed by atoms with E-state index >= 15 is 0 Å². The maximum Gasteiger partial charge on any atom is 0.472 e. The van der Waals surface area contributed by atoms with Crippen LogP contribution in [-0.4, -0.2) is 81.3 Å². The SMILES string of the molecule is CCCCCCCCCCCCCCCCOCC(COP(=O)(O)OCCC[N+](C)(C)C)OC(=O)CC(C)=O. The summed E-state index contributed by atoms with van der Waals surface area (Å²) in [6.45, 7) is 4.56. The van der Waals surface area contributed by atoms with Crippen LogP contribution in [0.3, 0.4) is 0 Å². The van der Waals surface area contributed by atoms with E-state index in [4.69, 9.17) is 18.5 Å². The Bertz CT molecular complexity index is 668. The number of phosphoric acid groups is 1. The van der Waals surface area contributed by atoms with E-state index in [1.54, 1.807) is 0 Å². The van der Waals surface area contributed by atoms with Crippen LogP contribution in [0, 0.1) is 0 Å². The summed E-state index contributed by atoms with van der Waals surface area (Å²) in [6.07, 6.45) is 17.2. The van der Waals surface area contributed by atoms with Crippen LogP contribution in [0.4, 0.5) is 0 Å². The van der Waals surface area contributed by atoms with E-state index in [1.807, 2.05) is 21.1 Å². The van der Waals surface area contributed by atoms with E-state index in [1.165, 1.54) is 84.0 Å². The van der Waals surface area contributed by atoms with Gasteiger partial charge in [0.25, 0.3) is 0 Å². The number of quaternary nitrogens is 1. The van der Waals surface area contributed by atoms with Crippen LogP contribution in [0.15, 0.2) is 0 Å². The highest BCUT2D eigenvalue weighted by Gasteiger charge is 2.26. The number of rotatable bonds is 28. The Balaban J connectivity index is 4.08. The number of hydrogen-bond acceptors (Lipinski definition) is 7. The first-order chi connectivity index (χ1) is 18.4. The summed E-state index contributed by atoms with van der Waals surface area (Å²) in [7, 11) is 1.77. The van der Waals surface area contributed by atoms with Crippen LogP contribution in [0.5, 0.6) is 0 Å². The van der Waals surface area contributed by atoms with Crippen molar-refractivity contribution in [1.82, 2.24) is 0 Å². The van der Waals surface area contributed by atoms with Gasteiger partial charge in [0.15, 0.2) is 0 Å². The standard InChI is InChI=1S/C29H58NO8P/c1-6-7-8-9-10-11-12-13-14-15-16-17-18-19-22-35-25-28(38-29(32)24-27(2)31)26-37-39(33,34)36-23-20-21-30(3,4)5/h28H,6-26H2,1-5H3/p+1. The number of nitrogens with zero attached hydrogens (tertiary/aromatic N) is 1. The fraction of sp³-hybridized carbons (Fsp3) is 0.931. The van der Waals surface area contributed by atoms with Crippen LogP contribution < -0.4 is 0 Å². The normalized spacial score (nSPS) is 14.2. The molecule has 0 aromatic rings. The highest BCUT2D eigenvalue weighted by atomic mass is 31.2. The summed E-state index contributed by atoms with van der Waals surface area (Å²) in [5, 5.41) is 0. The molecule has 0 heterocycles. The van der Waals surface area contributed by atoms with E-state index in [-0.39, 0.29) is 32.0 Å². The zero-order valence-corrected chi connectivity index (χ0v) is 26.5. The van der Waals surface area contributed by atoms with Gasteiger partial charge in [0.1, 0.15) is 18.3 Å². The molecule has 0 radical (unpaired) electrons. The molecule has 0 aliphatic carbocycles. The van der Waals surface area contributed by atoms with Crippen LogP contribution in [0.1, 0.15) is 117 Å². The number of hydrogen-bond donors (Lipinski definition) is 1. The van der Waals surface area contributed by atoms with E-state index < -0.39 is 19.9 Å². The summed E-state index contributed by atoms with van der Waals surface area (Å²) in [6, 6.07) is 0. The van der Waals surface area contributed by atoms with Gasteiger partial charge in [-0.3, -0.25) is 18.6 Å². The molecular weight excluding hydrogens is 521 g/mol. The molecule has 0 saturated heterocycles. The molecule has 10 heteroatoms. The van der Waals surface area contributed by atoms with Gasteiger partial charge in [-0.05, 0) is 13.3 Å².